The largest absolute Gasteiger partial charge is 0.349 e. The molecule has 1 aliphatic heterocycles. The van der Waals surface area contributed by atoms with Gasteiger partial charge in [0.2, 0.25) is 0 Å². The summed E-state index contributed by atoms with van der Waals surface area (Å²) in [7, 11) is 0. The van der Waals surface area contributed by atoms with Crippen LogP contribution in [0.25, 0.3) is 0 Å². The summed E-state index contributed by atoms with van der Waals surface area (Å²) in [6.45, 7) is 6.39. The summed E-state index contributed by atoms with van der Waals surface area (Å²) in [6, 6.07) is 10.2. The molecule has 0 saturated heterocycles. The van der Waals surface area contributed by atoms with Gasteiger partial charge in [-0.2, -0.15) is 0 Å². The fourth-order valence-corrected chi connectivity index (χ4v) is 1.97. The Hall–Kier alpha value is -1.38. The summed E-state index contributed by atoms with van der Waals surface area (Å²) in [5.74, 6) is 0. The quantitative estimate of drug-likeness (QED) is 0.786. The van der Waals surface area contributed by atoms with E-state index >= 15 is 0 Å². The minimum absolute atomic E-state index is 0.0800. The van der Waals surface area contributed by atoms with E-state index in [2.05, 4.69) is 24.8 Å². The SMILES string of the molecule is C=CC1=CC[C@H](c2ccccc2)O[C@@H]1OCC. The van der Waals surface area contributed by atoms with Crippen molar-refractivity contribution < 1.29 is 9.47 Å². The Morgan fingerprint density at radius 3 is 2.82 bits per heavy atom. The van der Waals surface area contributed by atoms with Gasteiger partial charge in [-0.15, -0.1) is 0 Å². The molecule has 0 fully saturated rings. The molecule has 1 aliphatic rings. The van der Waals surface area contributed by atoms with E-state index < -0.39 is 0 Å². The molecule has 2 heteroatoms. The van der Waals surface area contributed by atoms with Crippen molar-refractivity contribution in [2.24, 2.45) is 0 Å². The van der Waals surface area contributed by atoms with Crippen molar-refractivity contribution in [1.29, 1.82) is 0 Å². The van der Waals surface area contributed by atoms with Crippen molar-refractivity contribution in [2.75, 3.05) is 6.61 Å². The molecule has 0 radical (unpaired) electrons. The maximum atomic E-state index is 5.95. The fraction of sp³-hybridized carbons (Fsp3) is 0.333. The van der Waals surface area contributed by atoms with E-state index in [-0.39, 0.29) is 12.4 Å². The summed E-state index contributed by atoms with van der Waals surface area (Å²) in [4.78, 5) is 0. The third-order valence-electron chi connectivity index (χ3n) is 2.85. The topological polar surface area (TPSA) is 18.5 Å². The maximum absolute atomic E-state index is 5.95. The van der Waals surface area contributed by atoms with Crippen molar-refractivity contribution in [3.63, 3.8) is 0 Å². The van der Waals surface area contributed by atoms with Crippen LogP contribution in [-0.2, 0) is 9.47 Å². The van der Waals surface area contributed by atoms with Crippen molar-refractivity contribution >= 4 is 0 Å². The summed E-state index contributed by atoms with van der Waals surface area (Å²) < 4.78 is 11.5. The highest BCUT2D eigenvalue weighted by molar-refractivity contribution is 5.25. The minimum Gasteiger partial charge on any atom is -0.349 e. The highest BCUT2D eigenvalue weighted by atomic mass is 16.7. The standard InChI is InChI=1S/C15H18O2/c1-3-12-10-11-14(17-15(12)16-4-2)13-8-6-5-7-9-13/h3,5-10,14-15H,1,4,11H2,2H3/t14-,15+/m1/s1. The van der Waals surface area contributed by atoms with E-state index in [4.69, 9.17) is 9.47 Å². The highest BCUT2D eigenvalue weighted by Crippen LogP contribution is 2.31. The van der Waals surface area contributed by atoms with E-state index in [0.717, 1.165) is 12.0 Å². The molecule has 0 unspecified atom stereocenters. The molecular weight excluding hydrogens is 212 g/mol. The van der Waals surface area contributed by atoms with Crippen LogP contribution in [0.1, 0.15) is 25.0 Å². The van der Waals surface area contributed by atoms with Gasteiger partial charge in [0.25, 0.3) is 0 Å². The van der Waals surface area contributed by atoms with Crippen LogP contribution in [0.4, 0.5) is 0 Å². The fourth-order valence-electron chi connectivity index (χ4n) is 1.97. The molecule has 2 nitrogen and oxygen atoms in total. The minimum atomic E-state index is -0.281. The van der Waals surface area contributed by atoms with Crippen molar-refractivity contribution in [3.8, 4) is 0 Å². The van der Waals surface area contributed by atoms with Crippen LogP contribution in [0.2, 0.25) is 0 Å². The number of hydrogen-bond acceptors (Lipinski definition) is 2. The lowest BCUT2D eigenvalue weighted by atomic mass is 10.0. The van der Waals surface area contributed by atoms with Gasteiger partial charge in [0.1, 0.15) is 0 Å². The van der Waals surface area contributed by atoms with Crippen LogP contribution < -0.4 is 0 Å². The summed E-state index contributed by atoms with van der Waals surface area (Å²) >= 11 is 0. The zero-order valence-electron chi connectivity index (χ0n) is 10.1. The predicted molar refractivity (Wildman–Crippen MR) is 68.6 cm³/mol. The molecule has 2 atom stereocenters. The molecule has 2 rings (SSSR count). The van der Waals surface area contributed by atoms with Crippen LogP contribution in [0.15, 0.2) is 54.6 Å². The molecule has 1 aromatic rings. The Kier molecular flexibility index (Phi) is 4.13. The molecule has 0 saturated carbocycles. The first-order valence-corrected chi connectivity index (χ1v) is 5.99. The molecule has 0 spiro atoms. The van der Waals surface area contributed by atoms with E-state index in [1.165, 1.54) is 5.56 Å². The smallest absolute Gasteiger partial charge is 0.184 e. The third kappa shape index (κ3) is 2.84. The van der Waals surface area contributed by atoms with Crippen molar-refractivity contribution in [2.45, 2.75) is 25.7 Å². The van der Waals surface area contributed by atoms with Crippen molar-refractivity contribution in [1.82, 2.24) is 0 Å². The molecule has 0 bridgehead atoms. The lowest BCUT2D eigenvalue weighted by Crippen LogP contribution is -2.25. The van der Waals surface area contributed by atoms with Gasteiger partial charge in [-0.25, -0.2) is 0 Å². The van der Waals surface area contributed by atoms with Crippen LogP contribution in [0.3, 0.4) is 0 Å². The van der Waals surface area contributed by atoms with E-state index in [1.54, 1.807) is 0 Å². The van der Waals surface area contributed by atoms with E-state index in [0.29, 0.717) is 6.61 Å². The lowest BCUT2D eigenvalue weighted by molar-refractivity contribution is -0.152. The van der Waals surface area contributed by atoms with Crippen molar-refractivity contribution in [3.05, 3.63) is 60.2 Å². The number of hydrogen-bond donors (Lipinski definition) is 0. The van der Waals surface area contributed by atoms with Crippen LogP contribution in [-0.4, -0.2) is 12.9 Å². The maximum Gasteiger partial charge on any atom is 0.184 e. The number of rotatable bonds is 4. The van der Waals surface area contributed by atoms with Gasteiger partial charge in [0, 0.05) is 12.2 Å². The lowest BCUT2D eigenvalue weighted by Gasteiger charge is -2.29. The van der Waals surface area contributed by atoms with Gasteiger partial charge in [-0.3, -0.25) is 0 Å². The normalized spacial score (nSPS) is 24.2. The second kappa shape index (κ2) is 5.80. The average molecular weight is 230 g/mol. The highest BCUT2D eigenvalue weighted by Gasteiger charge is 2.24. The predicted octanol–water partition coefficient (Wildman–Crippen LogP) is 3.62. The van der Waals surface area contributed by atoms with E-state index in [1.807, 2.05) is 31.2 Å². The molecule has 0 aliphatic carbocycles. The molecular formula is C15H18O2. The Balaban J connectivity index is 2.14. The van der Waals surface area contributed by atoms with Crippen LogP contribution in [0.5, 0.6) is 0 Å². The van der Waals surface area contributed by atoms with Gasteiger partial charge < -0.3 is 9.47 Å². The zero-order chi connectivity index (χ0) is 12.1. The zero-order valence-corrected chi connectivity index (χ0v) is 10.1. The molecule has 1 aromatic carbocycles. The van der Waals surface area contributed by atoms with Gasteiger partial charge in [0.15, 0.2) is 6.29 Å². The second-order valence-corrected chi connectivity index (χ2v) is 3.97. The average Bonchev–Trinajstić information content (AvgIpc) is 2.40. The first kappa shape index (κ1) is 12.1. The Morgan fingerprint density at radius 1 is 1.41 bits per heavy atom. The first-order valence-electron chi connectivity index (χ1n) is 5.99. The Labute approximate surface area is 103 Å². The number of ether oxygens (including phenoxy) is 2. The molecule has 0 amide bonds. The molecule has 1 heterocycles. The van der Waals surface area contributed by atoms with Gasteiger partial charge in [-0.1, -0.05) is 49.1 Å². The van der Waals surface area contributed by atoms with Crippen LogP contribution >= 0.6 is 0 Å². The summed E-state index contributed by atoms with van der Waals surface area (Å²) in [5.41, 5.74) is 2.22. The summed E-state index contributed by atoms with van der Waals surface area (Å²) in [5, 5.41) is 0. The Morgan fingerprint density at radius 2 is 2.18 bits per heavy atom. The van der Waals surface area contributed by atoms with Gasteiger partial charge in [-0.05, 0) is 18.9 Å². The molecule has 0 aromatic heterocycles. The second-order valence-electron chi connectivity index (χ2n) is 3.97. The van der Waals surface area contributed by atoms with E-state index in [9.17, 15) is 0 Å². The molecule has 90 valence electrons. The van der Waals surface area contributed by atoms with Gasteiger partial charge in [0.05, 0.1) is 6.10 Å². The monoisotopic (exact) mass is 230 g/mol. The number of benzene rings is 1. The third-order valence-corrected chi connectivity index (χ3v) is 2.85. The molecule has 0 N–H and O–H groups in total. The first-order chi connectivity index (χ1) is 8.35. The molecule has 17 heavy (non-hydrogen) atoms. The summed E-state index contributed by atoms with van der Waals surface area (Å²) in [6.07, 6.45) is 4.62. The van der Waals surface area contributed by atoms with Crippen LogP contribution in [0, 0.1) is 0 Å². The Bertz CT molecular complexity index is 395. The van der Waals surface area contributed by atoms with Gasteiger partial charge >= 0.3 is 0 Å².